The lowest BCUT2D eigenvalue weighted by atomic mass is 10.2. The third-order valence-corrected chi connectivity index (χ3v) is 6.39. The van der Waals surface area contributed by atoms with E-state index >= 15 is 0 Å². The van der Waals surface area contributed by atoms with Crippen LogP contribution in [0, 0.1) is 13.8 Å². The number of nitrogens with zero attached hydrogens (tertiary/aromatic N) is 6. The first kappa shape index (κ1) is 17.4. The predicted octanol–water partition coefficient (Wildman–Crippen LogP) is 5.49. The van der Waals surface area contributed by atoms with Crippen LogP contribution >= 0.6 is 0 Å². The van der Waals surface area contributed by atoms with Crippen molar-refractivity contribution in [3.05, 3.63) is 96.3 Å². The molecule has 4 heterocycles. The standard InChI is InChI=1S/C26H20N6/c1-17-6-3-10-21-25(17)31-23(12-14-27-31)29(21)19-8-5-9-20(16-19)30-22-11-4-7-18(2)26(22)32-24(30)13-15-28-32/h3-16H,1-2H3. The number of hydrogen-bond acceptors (Lipinski definition) is 2. The van der Waals surface area contributed by atoms with Gasteiger partial charge >= 0.3 is 0 Å². The molecule has 0 unspecified atom stereocenters. The normalized spacial score (nSPS) is 12.1. The second kappa shape index (κ2) is 6.11. The number of para-hydroxylation sites is 2. The summed E-state index contributed by atoms with van der Waals surface area (Å²) in [6.45, 7) is 4.27. The molecule has 4 aromatic heterocycles. The zero-order valence-electron chi connectivity index (χ0n) is 17.8. The first-order chi connectivity index (χ1) is 15.7. The van der Waals surface area contributed by atoms with Crippen LogP contribution in [-0.4, -0.2) is 28.4 Å². The molecule has 0 atom stereocenters. The third kappa shape index (κ3) is 2.13. The van der Waals surface area contributed by atoms with Gasteiger partial charge in [-0.05, 0) is 55.3 Å². The second-order valence-electron chi connectivity index (χ2n) is 8.28. The van der Waals surface area contributed by atoms with Gasteiger partial charge in [0.1, 0.15) is 11.3 Å². The Kier molecular flexibility index (Phi) is 3.31. The second-order valence-corrected chi connectivity index (χ2v) is 8.28. The number of aryl methyl sites for hydroxylation is 2. The van der Waals surface area contributed by atoms with E-state index in [0.717, 1.165) is 44.7 Å². The molecular formula is C26H20N6. The van der Waals surface area contributed by atoms with Gasteiger partial charge in [-0.2, -0.15) is 10.2 Å². The Labute approximate surface area is 183 Å². The van der Waals surface area contributed by atoms with Crippen molar-refractivity contribution in [3.63, 3.8) is 0 Å². The average molecular weight is 416 g/mol. The first-order valence-electron chi connectivity index (χ1n) is 10.7. The molecule has 0 aliphatic carbocycles. The van der Waals surface area contributed by atoms with Gasteiger partial charge in [-0.25, -0.2) is 9.03 Å². The molecule has 0 saturated heterocycles. The van der Waals surface area contributed by atoms with E-state index in [1.165, 1.54) is 11.1 Å². The molecule has 154 valence electrons. The lowest BCUT2D eigenvalue weighted by Gasteiger charge is -2.11. The highest BCUT2D eigenvalue weighted by molar-refractivity contribution is 5.88. The fourth-order valence-corrected chi connectivity index (χ4v) is 5.04. The van der Waals surface area contributed by atoms with Gasteiger partial charge in [0.15, 0.2) is 0 Å². The molecule has 0 radical (unpaired) electrons. The maximum absolute atomic E-state index is 4.59. The maximum atomic E-state index is 4.59. The minimum absolute atomic E-state index is 1.05. The summed E-state index contributed by atoms with van der Waals surface area (Å²) in [6, 6.07) is 25.6. The molecule has 0 saturated carbocycles. The van der Waals surface area contributed by atoms with Crippen molar-refractivity contribution in [2.24, 2.45) is 0 Å². The van der Waals surface area contributed by atoms with Crippen LogP contribution < -0.4 is 0 Å². The van der Waals surface area contributed by atoms with Crippen molar-refractivity contribution in [2.75, 3.05) is 0 Å². The summed E-state index contributed by atoms with van der Waals surface area (Å²) >= 11 is 0. The van der Waals surface area contributed by atoms with E-state index in [1.54, 1.807) is 0 Å². The van der Waals surface area contributed by atoms with Crippen LogP contribution in [0.3, 0.4) is 0 Å². The Bertz CT molecular complexity index is 1680. The quantitative estimate of drug-likeness (QED) is 0.374. The topological polar surface area (TPSA) is 44.5 Å². The molecule has 7 aromatic rings. The van der Waals surface area contributed by atoms with Gasteiger partial charge in [0.25, 0.3) is 0 Å². The smallest absolute Gasteiger partial charge is 0.141 e. The molecule has 0 aliphatic rings. The summed E-state index contributed by atoms with van der Waals surface area (Å²) in [5.41, 5.74) is 11.3. The maximum Gasteiger partial charge on any atom is 0.141 e. The number of benzene rings is 3. The van der Waals surface area contributed by atoms with Crippen LogP contribution in [0.15, 0.2) is 85.2 Å². The summed E-state index contributed by atoms with van der Waals surface area (Å²) in [7, 11) is 0. The summed E-state index contributed by atoms with van der Waals surface area (Å²) < 4.78 is 8.62. The summed E-state index contributed by atoms with van der Waals surface area (Å²) in [4.78, 5) is 0. The van der Waals surface area contributed by atoms with Gasteiger partial charge in [0.2, 0.25) is 0 Å². The van der Waals surface area contributed by atoms with Crippen LogP contribution in [0.2, 0.25) is 0 Å². The highest BCUT2D eigenvalue weighted by atomic mass is 15.3. The molecule has 6 heteroatoms. The summed E-state index contributed by atoms with van der Waals surface area (Å²) in [5, 5.41) is 9.18. The van der Waals surface area contributed by atoms with Crippen molar-refractivity contribution >= 4 is 33.4 Å². The highest BCUT2D eigenvalue weighted by Gasteiger charge is 2.17. The zero-order chi connectivity index (χ0) is 21.4. The predicted molar refractivity (Wildman–Crippen MR) is 127 cm³/mol. The molecule has 0 amide bonds. The van der Waals surface area contributed by atoms with Gasteiger partial charge in [0.05, 0.1) is 34.5 Å². The van der Waals surface area contributed by atoms with E-state index in [1.807, 2.05) is 21.4 Å². The fourth-order valence-electron chi connectivity index (χ4n) is 5.04. The molecule has 6 nitrogen and oxygen atoms in total. The fraction of sp³-hybridized carbons (Fsp3) is 0.0769. The van der Waals surface area contributed by atoms with E-state index in [9.17, 15) is 0 Å². The van der Waals surface area contributed by atoms with Crippen molar-refractivity contribution in [1.82, 2.24) is 28.4 Å². The van der Waals surface area contributed by atoms with E-state index in [2.05, 4.69) is 106 Å². The van der Waals surface area contributed by atoms with Crippen LogP contribution in [0.1, 0.15) is 11.1 Å². The minimum atomic E-state index is 1.05. The molecule has 0 aliphatic heterocycles. The van der Waals surface area contributed by atoms with Gasteiger partial charge in [0, 0.05) is 23.5 Å². The SMILES string of the molecule is Cc1cccc2c1n1nccc1n2-c1cccc(-n2c3cccc(C)c3n3nccc23)c1. The number of fused-ring (bicyclic) bond motifs is 6. The van der Waals surface area contributed by atoms with Crippen LogP contribution in [0.25, 0.3) is 44.7 Å². The van der Waals surface area contributed by atoms with Crippen molar-refractivity contribution in [3.8, 4) is 11.4 Å². The molecule has 0 fully saturated rings. The summed E-state index contributed by atoms with van der Waals surface area (Å²) in [6.07, 6.45) is 3.72. The van der Waals surface area contributed by atoms with Crippen LogP contribution in [-0.2, 0) is 0 Å². The van der Waals surface area contributed by atoms with Crippen molar-refractivity contribution < 1.29 is 0 Å². The summed E-state index contributed by atoms with van der Waals surface area (Å²) in [5.74, 6) is 0. The Morgan fingerprint density at radius 2 is 1.03 bits per heavy atom. The molecule has 0 bridgehead atoms. The lowest BCUT2D eigenvalue weighted by Crippen LogP contribution is -1.98. The lowest BCUT2D eigenvalue weighted by molar-refractivity contribution is 0.984. The van der Waals surface area contributed by atoms with Crippen molar-refractivity contribution in [1.29, 1.82) is 0 Å². The van der Waals surface area contributed by atoms with E-state index in [0.29, 0.717) is 0 Å². The Balaban J connectivity index is 1.55. The molecule has 3 aromatic carbocycles. The number of aromatic nitrogens is 6. The van der Waals surface area contributed by atoms with Gasteiger partial charge in [-0.3, -0.25) is 9.13 Å². The van der Waals surface area contributed by atoms with Crippen LogP contribution in [0.5, 0.6) is 0 Å². The molecule has 0 spiro atoms. The van der Waals surface area contributed by atoms with Crippen molar-refractivity contribution in [2.45, 2.75) is 13.8 Å². The average Bonchev–Trinajstić information content (AvgIpc) is 3.54. The zero-order valence-corrected chi connectivity index (χ0v) is 17.8. The number of hydrogen-bond donors (Lipinski definition) is 0. The van der Waals surface area contributed by atoms with Crippen LogP contribution in [0.4, 0.5) is 0 Å². The Morgan fingerprint density at radius 1 is 0.562 bits per heavy atom. The van der Waals surface area contributed by atoms with Gasteiger partial charge in [-0.15, -0.1) is 0 Å². The Hall–Kier alpha value is -4.32. The van der Waals surface area contributed by atoms with Gasteiger partial charge < -0.3 is 0 Å². The first-order valence-corrected chi connectivity index (χ1v) is 10.7. The molecule has 0 N–H and O–H groups in total. The third-order valence-electron chi connectivity index (χ3n) is 6.39. The molecule has 32 heavy (non-hydrogen) atoms. The van der Waals surface area contributed by atoms with E-state index in [4.69, 9.17) is 0 Å². The largest absolute Gasteiger partial charge is 0.293 e. The van der Waals surface area contributed by atoms with Gasteiger partial charge in [-0.1, -0.05) is 30.3 Å². The highest BCUT2D eigenvalue weighted by Crippen LogP contribution is 2.31. The Morgan fingerprint density at radius 3 is 1.53 bits per heavy atom. The number of imidazole rings is 2. The molecule has 7 rings (SSSR count). The molecular weight excluding hydrogens is 396 g/mol. The van der Waals surface area contributed by atoms with E-state index in [-0.39, 0.29) is 0 Å². The monoisotopic (exact) mass is 416 g/mol. The van der Waals surface area contributed by atoms with E-state index < -0.39 is 0 Å². The minimum Gasteiger partial charge on any atom is -0.293 e. The number of rotatable bonds is 2.